The second-order valence-electron chi connectivity index (χ2n) is 3.82. The third-order valence-corrected chi connectivity index (χ3v) is 2.91. The summed E-state index contributed by atoms with van der Waals surface area (Å²) in [5.74, 6) is 0.0291. The Morgan fingerprint density at radius 3 is 3.00 bits per heavy atom. The van der Waals surface area contributed by atoms with Crippen LogP contribution in [0.2, 0.25) is 0 Å². The lowest BCUT2D eigenvalue weighted by molar-refractivity contribution is 0.0764. The number of aliphatic hydroxyl groups is 2. The van der Waals surface area contributed by atoms with Crippen molar-refractivity contribution in [3.8, 4) is 0 Å². The predicted molar refractivity (Wildman–Crippen MR) is 65.6 cm³/mol. The molecule has 0 saturated heterocycles. The van der Waals surface area contributed by atoms with Gasteiger partial charge >= 0.3 is 0 Å². The van der Waals surface area contributed by atoms with Crippen molar-refractivity contribution in [2.45, 2.75) is 25.7 Å². The molecule has 1 aliphatic rings. The maximum absolute atomic E-state index is 9.86. The molecule has 4 nitrogen and oxygen atoms in total. The molecule has 0 fully saturated rings. The highest BCUT2D eigenvalue weighted by molar-refractivity contribution is 7.98. The van der Waals surface area contributed by atoms with Gasteiger partial charge in [0, 0.05) is 29.4 Å². The molecule has 1 aliphatic carbocycles. The number of allylic oxidation sites excluding steroid dienone is 2. The predicted octanol–water partition coefficient (Wildman–Crippen LogP) is 1.03. The fourth-order valence-corrected chi connectivity index (χ4v) is 2.07. The summed E-state index contributed by atoms with van der Waals surface area (Å²) in [6.45, 7) is 2.07. The van der Waals surface area contributed by atoms with Crippen molar-refractivity contribution in [1.82, 2.24) is 5.32 Å². The molecule has 0 aromatic heterocycles. The average Bonchev–Trinajstić information content (AvgIpc) is 2.26. The van der Waals surface area contributed by atoms with E-state index in [1.54, 1.807) is 14.0 Å². The van der Waals surface area contributed by atoms with E-state index < -0.39 is 12.3 Å². The first kappa shape index (κ1) is 13.7. The van der Waals surface area contributed by atoms with E-state index in [0.29, 0.717) is 6.54 Å². The van der Waals surface area contributed by atoms with Crippen LogP contribution in [0.1, 0.15) is 13.3 Å². The normalized spacial score (nSPS) is 24.0. The van der Waals surface area contributed by atoms with E-state index in [2.05, 4.69) is 5.32 Å². The fraction of sp³-hybridized carbons (Fsp3) is 0.636. The highest BCUT2D eigenvalue weighted by Crippen LogP contribution is 2.26. The molecule has 0 radical (unpaired) electrons. The Kier molecular flexibility index (Phi) is 6.08. The van der Waals surface area contributed by atoms with Crippen LogP contribution in [-0.2, 0) is 4.18 Å². The summed E-state index contributed by atoms with van der Waals surface area (Å²) in [6, 6.07) is 0. The summed E-state index contributed by atoms with van der Waals surface area (Å²) in [6.07, 6.45) is 5.68. The Morgan fingerprint density at radius 2 is 2.38 bits per heavy atom. The minimum absolute atomic E-state index is 0.0291. The van der Waals surface area contributed by atoms with Crippen LogP contribution in [0.25, 0.3) is 0 Å². The molecule has 0 aromatic rings. The third-order valence-electron chi connectivity index (χ3n) is 2.28. The Morgan fingerprint density at radius 1 is 1.62 bits per heavy atom. The van der Waals surface area contributed by atoms with Crippen LogP contribution in [-0.4, -0.2) is 36.2 Å². The average molecular weight is 245 g/mol. The van der Waals surface area contributed by atoms with Gasteiger partial charge in [-0.3, -0.25) is 5.32 Å². The molecule has 0 amide bonds. The summed E-state index contributed by atoms with van der Waals surface area (Å²) in [7, 11) is 1.62. The van der Waals surface area contributed by atoms with Crippen LogP contribution in [0.3, 0.4) is 0 Å². The van der Waals surface area contributed by atoms with Crippen molar-refractivity contribution in [3.63, 3.8) is 0 Å². The summed E-state index contributed by atoms with van der Waals surface area (Å²) in [4.78, 5) is 0.997. The van der Waals surface area contributed by atoms with Gasteiger partial charge in [0.1, 0.15) is 6.23 Å². The summed E-state index contributed by atoms with van der Waals surface area (Å²) >= 11 is 1.28. The number of hydrogen-bond donors (Lipinski definition) is 3. The summed E-state index contributed by atoms with van der Waals surface area (Å²) < 4.78 is 4.96. The SMILES string of the molecule is COSC1=C[C@H](C(O)NC[C@@H](C)O)CC=C1. The first-order chi connectivity index (χ1) is 7.63. The molecule has 0 heterocycles. The van der Waals surface area contributed by atoms with E-state index in [1.807, 2.05) is 18.2 Å². The molecule has 5 heteroatoms. The summed E-state index contributed by atoms with van der Waals surface area (Å²) in [5, 5.41) is 21.9. The molecule has 3 atom stereocenters. The van der Waals surface area contributed by atoms with Gasteiger partial charge < -0.3 is 14.4 Å². The lowest BCUT2D eigenvalue weighted by Gasteiger charge is -2.23. The highest BCUT2D eigenvalue weighted by atomic mass is 32.2. The number of nitrogens with one attached hydrogen (secondary N) is 1. The van der Waals surface area contributed by atoms with E-state index in [0.717, 1.165) is 11.3 Å². The first-order valence-electron chi connectivity index (χ1n) is 5.32. The van der Waals surface area contributed by atoms with Crippen molar-refractivity contribution in [2.75, 3.05) is 13.7 Å². The van der Waals surface area contributed by atoms with Gasteiger partial charge in [0.25, 0.3) is 0 Å². The quantitative estimate of drug-likeness (QED) is 0.482. The minimum Gasteiger partial charge on any atom is -0.392 e. The van der Waals surface area contributed by atoms with Crippen molar-refractivity contribution in [2.24, 2.45) is 5.92 Å². The molecule has 0 aliphatic heterocycles. The Balaban J connectivity index is 2.44. The van der Waals surface area contributed by atoms with Crippen LogP contribution in [0, 0.1) is 5.92 Å². The lowest BCUT2D eigenvalue weighted by atomic mass is 9.99. The molecular formula is C11H19NO3S. The molecule has 16 heavy (non-hydrogen) atoms. The van der Waals surface area contributed by atoms with E-state index in [1.165, 1.54) is 12.0 Å². The number of aliphatic hydroxyl groups excluding tert-OH is 2. The zero-order valence-electron chi connectivity index (χ0n) is 9.59. The zero-order chi connectivity index (χ0) is 12.0. The first-order valence-corrected chi connectivity index (χ1v) is 6.06. The highest BCUT2D eigenvalue weighted by Gasteiger charge is 2.18. The largest absolute Gasteiger partial charge is 0.392 e. The van der Waals surface area contributed by atoms with E-state index in [-0.39, 0.29) is 5.92 Å². The number of hydrogen-bond acceptors (Lipinski definition) is 5. The maximum Gasteiger partial charge on any atom is 0.111 e. The van der Waals surface area contributed by atoms with E-state index in [4.69, 9.17) is 9.29 Å². The van der Waals surface area contributed by atoms with Crippen LogP contribution >= 0.6 is 12.0 Å². The molecule has 0 spiro atoms. The topological polar surface area (TPSA) is 61.7 Å². The van der Waals surface area contributed by atoms with Gasteiger partial charge in [-0.05, 0) is 13.3 Å². The molecule has 3 N–H and O–H groups in total. The zero-order valence-corrected chi connectivity index (χ0v) is 10.4. The van der Waals surface area contributed by atoms with Crippen LogP contribution in [0.4, 0.5) is 0 Å². The van der Waals surface area contributed by atoms with Gasteiger partial charge in [-0.25, -0.2) is 0 Å². The van der Waals surface area contributed by atoms with Crippen molar-refractivity contribution >= 4 is 12.0 Å². The smallest absolute Gasteiger partial charge is 0.111 e. The maximum atomic E-state index is 9.86. The number of rotatable bonds is 6. The lowest BCUT2D eigenvalue weighted by Crippen LogP contribution is -2.39. The fourth-order valence-electron chi connectivity index (χ4n) is 1.49. The van der Waals surface area contributed by atoms with Gasteiger partial charge in [-0.2, -0.15) is 0 Å². The minimum atomic E-state index is -0.632. The molecular weight excluding hydrogens is 226 g/mol. The summed E-state index contributed by atoms with van der Waals surface area (Å²) in [5.41, 5.74) is 0. The van der Waals surface area contributed by atoms with E-state index >= 15 is 0 Å². The third kappa shape index (κ3) is 4.67. The Hall–Kier alpha value is -0.330. The monoisotopic (exact) mass is 245 g/mol. The molecule has 0 bridgehead atoms. The van der Waals surface area contributed by atoms with E-state index in [9.17, 15) is 5.11 Å². The molecule has 92 valence electrons. The second-order valence-corrected chi connectivity index (χ2v) is 4.79. The van der Waals surface area contributed by atoms with Crippen molar-refractivity contribution in [1.29, 1.82) is 0 Å². The Labute approximate surface area is 101 Å². The van der Waals surface area contributed by atoms with Gasteiger partial charge in [-0.15, -0.1) is 0 Å². The molecule has 0 saturated carbocycles. The van der Waals surface area contributed by atoms with Gasteiger partial charge in [0.2, 0.25) is 0 Å². The standard InChI is InChI=1S/C11H19NO3S/c1-8(13)7-12-11(14)9-4-3-5-10(6-9)16-15-2/h3,5-6,8-9,11-14H,4,7H2,1-2H3/t8-,9-,11?/m1/s1. The van der Waals surface area contributed by atoms with Crippen molar-refractivity contribution < 1.29 is 14.4 Å². The van der Waals surface area contributed by atoms with Gasteiger partial charge in [-0.1, -0.05) is 18.2 Å². The van der Waals surface area contributed by atoms with Crippen molar-refractivity contribution in [3.05, 3.63) is 23.1 Å². The molecule has 0 aromatic carbocycles. The molecule has 1 unspecified atom stereocenters. The Bertz CT molecular complexity index is 266. The van der Waals surface area contributed by atoms with Crippen LogP contribution in [0.15, 0.2) is 23.1 Å². The second kappa shape index (κ2) is 7.09. The van der Waals surface area contributed by atoms with Crippen LogP contribution < -0.4 is 5.32 Å². The molecule has 1 rings (SSSR count). The van der Waals surface area contributed by atoms with Crippen LogP contribution in [0.5, 0.6) is 0 Å². The van der Waals surface area contributed by atoms with Gasteiger partial charge in [0.05, 0.1) is 13.2 Å². The van der Waals surface area contributed by atoms with Gasteiger partial charge in [0.15, 0.2) is 0 Å².